The van der Waals surface area contributed by atoms with Gasteiger partial charge in [-0.1, -0.05) is 84.9 Å². The Morgan fingerprint density at radius 2 is 1.15 bits per heavy atom. The Labute approximate surface area is 378 Å². The van der Waals surface area contributed by atoms with E-state index >= 15 is 0 Å². The van der Waals surface area contributed by atoms with Gasteiger partial charge in [0, 0.05) is 27.2 Å². The number of alkyl halides is 6. The first-order chi connectivity index (χ1) is 29.3. The van der Waals surface area contributed by atoms with Gasteiger partial charge < -0.3 is 9.47 Å². The standard InChI is InChI=1S/C40H32Cl4F6N4O5S3/c41-20-9-11-28(26(43)15-20)53-35-22(18-58-30-13-14-60-37(30)35)33(51-53)24(39(45,46)47)7-5-3-1-2-4-6-8-25(40(48,49)50)34-23-19-59-31-17-32(62(55,56)57)61-38(31)36(23)54(52-34)29-12-10-21(42)16-27(29)44/h9-17,24-25H,1-8,18-19H2,(H,55,56,57). The van der Waals surface area contributed by atoms with Gasteiger partial charge in [-0.25, -0.2) is 9.36 Å². The van der Waals surface area contributed by atoms with Crippen molar-refractivity contribution in [1.29, 1.82) is 0 Å². The second-order valence-electron chi connectivity index (χ2n) is 14.8. The normalized spacial score (nSPS) is 14.7. The lowest BCUT2D eigenvalue weighted by molar-refractivity contribution is -0.154. The van der Waals surface area contributed by atoms with E-state index in [1.54, 1.807) is 23.6 Å². The number of ether oxygens (including phenoxy) is 2. The highest BCUT2D eigenvalue weighted by molar-refractivity contribution is 7.88. The van der Waals surface area contributed by atoms with Crippen LogP contribution in [0.15, 0.2) is 58.1 Å². The molecular formula is C40H32Cl4F6N4O5S3. The van der Waals surface area contributed by atoms with E-state index in [1.807, 2.05) is 0 Å². The average molecular weight is 1000 g/mol. The van der Waals surface area contributed by atoms with E-state index in [-0.39, 0.29) is 92.9 Å². The van der Waals surface area contributed by atoms with Gasteiger partial charge in [0.05, 0.1) is 65.8 Å². The van der Waals surface area contributed by atoms with Crippen molar-refractivity contribution in [3.8, 4) is 44.0 Å². The van der Waals surface area contributed by atoms with Crippen LogP contribution in [0.4, 0.5) is 26.3 Å². The number of hydrogen-bond acceptors (Lipinski definition) is 8. The minimum Gasteiger partial charge on any atom is -0.487 e. The molecule has 2 aromatic carbocycles. The van der Waals surface area contributed by atoms with E-state index in [2.05, 4.69) is 10.2 Å². The molecule has 0 saturated carbocycles. The Bertz CT molecular complexity index is 2770. The lowest BCUT2D eigenvalue weighted by Gasteiger charge is -2.22. The van der Waals surface area contributed by atoms with Gasteiger partial charge in [0.15, 0.2) is 4.21 Å². The van der Waals surface area contributed by atoms with E-state index in [9.17, 15) is 39.3 Å². The van der Waals surface area contributed by atoms with E-state index < -0.39 is 38.5 Å². The molecule has 0 saturated heterocycles. The minimum absolute atomic E-state index is 0.0425. The first-order valence-electron chi connectivity index (χ1n) is 19.0. The molecule has 0 fully saturated rings. The Hall–Kier alpha value is -3.49. The van der Waals surface area contributed by atoms with Gasteiger partial charge in [-0.05, 0) is 60.7 Å². The van der Waals surface area contributed by atoms with Crippen LogP contribution in [0.25, 0.3) is 32.5 Å². The predicted molar refractivity (Wildman–Crippen MR) is 227 cm³/mol. The quantitative estimate of drug-likeness (QED) is 0.0658. The van der Waals surface area contributed by atoms with Crippen LogP contribution in [-0.4, -0.2) is 44.9 Å². The molecule has 6 aromatic rings. The van der Waals surface area contributed by atoms with Crippen LogP contribution in [-0.2, 0) is 23.3 Å². The minimum atomic E-state index is -4.75. The van der Waals surface area contributed by atoms with Gasteiger partial charge in [0.1, 0.15) is 24.7 Å². The predicted octanol–water partition coefficient (Wildman–Crippen LogP) is 14.3. The molecule has 2 aliphatic heterocycles. The summed E-state index contributed by atoms with van der Waals surface area (Å²) in [4.78, 5) is 0.768. The molecule has 0 aliphatic carbocycles. The monoisotopic (exact) mass is 998 g/mol. The fourth-order valence-electron chi connectivity index (χ4n) is 7.85. The number of halogens is 10. The van der Waals surface area contributed by atoms with Crippen molar-refractivity contribution >= 4 is 79.2 Å². The fraction of sp³-hybridized carbons (Fsp3) is 0.350. The topological polar surface area (TPSA) is 108 Å². The summed E-state index contributed by atoms with van der Waals surface area (Å²) in [5.41, 5.74) is 1.09. The van der Waals surface area contributed by atoms with Crippen LogP contribution >= 0.6 is 69.1 Å². The molecular weight excluding hydrogens is 968 g/mol. The summed E-state index contributed by atoms with van der Waals surface area (Å²) in [5, 5.41) is 11.6. The molecule has 0 bridgehead atoms. The summed E-state index contributed by atoms with van der Waals surface area (Å²) in [7, 11) is -4.67. The highest BCUT2D eigenvalue weighted by Gasteiger charge is 2.47. The van der Waals surface area contributed by atoms with Crippen molar-refractivity contribution in [3.05, 3.63) is 96.5 Å². The third-order valence-corrected chi connectivity index (χ3v) is 15.1. The number of unbranched alkanes of at least 4 members (excludes halogenated alkanes) is 5. The van der Waals surface area contributed by atoms with E-state index in [4.69, 9.17) is 55.9 Å². The van der Waals surface area contributed by atoms with E-state index in [0.29, 0.717) is 69.6 Å². The highest BCUT2D eigenvalue weighted by Crippen LogP contribution is 2.52. The van der Waals surface area contributed by atoms with Gasteiger partial charge in [0.25, 0.3) is 0 Å². The van der Waals surface area contributed by atoms with Crippen molar-refractivity contribution < 1.29 is 48.8 Å². The third kappa shape index (κ3) is 8.95. The molecule has 62 heavy (non-hydrogen) atoms. The number of aromatic nitrogens is 4. The number of benzene rings is 2. The second-order valence-corrected chi connectivity index (χ2v) is 20.1. The van der Waals surface area contributed by atoms with Crippen LogP contribution in [0.2, 0.25) is 20.1 Å². The first-order valence-corrected chi connectivity index (χ1v) is 23.7. The van der Waals surface area contributed by atoms with Crippen LogP contribution < -0.4 is 9.47 Å². The van der Waals surface area contributed by atoms with Crippen molar-refractivity contribution in [3.63, 3.8) is 0 Å². The van der Waals surface area contributed by atoms with Gasteiger partial charge in [-0.2, -0.15) is 45.0 Å². The maximum absolute atomic E-state index is 14.9. The molecule has 6 heterocycles. The van der Waals surface area contributed by atoms with Crippen LogP contribution in [0.5, 0.6) is 11.5 Å². The van der Waals surface area contributed by atoms with Crippen molar-refractivity contribution in [1.82, 2.24) is 19.6 Å². The van der Waals surface area contributed by atoms with E-state index in [0.717, 1.165) is 6.07 Å². The molecule has 2 aliphatic rings. The Balaban J connectivity index is 0.958. The van der Waals surface area contributed by atoms with Crippen molar-refractivity contribution in [2.24, 2.45) is 0 Å². The Kier molecular flexibility index (Phi) is 12.7. The molecule has 330 valence electrons. The molecule has 0 spiro atoms. The maximum Gasteiger partial charge on any atom is 0.397 e. The zero-order valence-corrected chi connectivity index (χ0v) is 37.3. The average Bonchev–Trinajstić information content (AvgIpc) is 3.98. The van der Waals surface area contributed by atoms with Crippen LogP contribution in [0, 0.1) is 0 Å². The summed E-state index contributed by atoms with van der Waals surface area (Å²) < 4.78 is 137. The van der Waals surface area contributed by atoms with Gasteiger partial charge >= 0.3 is 22.5 Å². The second kappa shape index (κ2) is 17.5. The number of nitrogens with zero attached hydrogens (tertiary/aromatic N) is 4. The molecule has 1 N–H and O–H groups in total. The van der Waals surface area contributed by atoms with Gasteiger partial charge in [-0.3, -0.25) is 4.55 Å². The number of hydrogen-bond donors (Lipinski definition) is 1. The van der Waals surface area contributed by atoms with Gasteiger partial charge in [0.2, 0.25) is 0 Å². The number of fused-ring (bicyclic) bond motifs is 6. The molecule has 0 amide bonds. The summed E-state index contributed by atoms with van der Waals surface area (Å²) in [6, 6.07) is 11.9. The van der Waals surface area contributed by atoms with Crippen LogP contribution in [0.3, 0.4) is 0 Å². The first kappa shape index (κ1) is 45.1. The fourth-order valence-corrected chi connectivity index (χ4v) is 11.5. The molecule has 22 heteroatoms. The SMILES string of the molecule is O=S(=O)(O)c1cc2c(s1)-c1c(c(C(CCCCCCCCC(c3nn(-c4ccc(Cl)cc4Cl)c4c3COc3ccsc3-4)C(F)(F)F)C(F)(F)F)nn1-c1ccc(Cl)cc1Cl)CO2. The van der Waals surface area contributed by atoms with Crippen LogP contribution in [0.1, 0.15) is 85.7 Å². The lowest BCUT2D eigenvalue weighted by Crippen LogP contribution is -2.23. The van der Waals surface area contributed by atoms with Gasteiger partial charge in [-0.15, -0.1) is 22.7 Å². The van der Waals surface area contributed by atoms with Crippen molar-refractivity contribution in [2.45, 2.75) is 93.0 Å². The number of thiophene rings is 2. The summed E-state index contributed by atoms with van der Waals surface area (Å²) >= 11 is 27.1. The molecule has 2 atom stereocenters. The highest BCUT2D eigenvalue weighted by atomic mass is 35.5. The zero-order valence-electron chi connectivity index (χ0n) is 31.8. The summed E-state index contributed by atoms with van der Waals surface area (Å²) in [6.45, 7) is -0.476. The largest absolute Gasteiger partial charge is 0.487 e. The molecule has 9 nitrogen and oxygen atoms in total. The molecule has 0 radical (unpaired) electrons. The lowest BCUT2D eigenvalue weighted by atomic mass is 9.91. The van der Waals surface area contributed by atoms with E-state index in [1.165, 1.54) is 45.0 Å². The van der Waals surface area contributed by atoms with Crippen molar-refractivity contribution in [2.75, 3.05) is 0 Å². The molecule has 4 aromatic heterocycles. The summed E-state index contributed by atoms with van der Waals surface area (Å²) in [6.07, 6.45) is -7.97. The number of rotatable bonds is 14. The zero-order chi connectivity index (χ0) is 44.3. The molecule has 8 rings (SSSR count). The third-order valence-electron chi connectivity index (χ3n) is 10.7. The molecule has 2 unspecified atom stereocenters. The maximum atomic E-state index is 14.9. The Morgan fingerprint density at radius 3 is 1.61 bits per heavy atom. The Morgan fingerprint density at radius 1 is 0.677 bits per heavy atom. The smallest absolute Gasteiger partial charge is 0.397 e. The summed E-state index contributed by atoms with van der Waals surface area (Å²) in [5.74, 6) is -3.39.